The molecule has 3 rings (SSSR count). The van der Waals surface area contributed by atoms with Gasteiger partial charge in [0.2, 0.25) is 0 Å². The van der Waals surface area contributed by atoms with Crippen LogP contribution in [-0.4, -0.2) is 17.3 Å². The van der Waals surface area contributed by atoms with Crippen molar-refractivity contribution in [3.63, 3.8) is 0 Å². The first kappa shape index (κ1) is 16.1. The molecule has 2 aromatic carbocycles. The smallest absolute Gasteiger partial charge is 0.281 e. The van der Waals surface area contributed by atoms with Crippen LogP contribution in [-0.2, 0) is 4.79 Å². The van der Waals surface area contributed by atoms with Gasteiger partial charge in [0.25, 0.3) is 5.91 Å². The number of amides is 1. The van der Waals surface area contributed by atoms with Crippen LogP contribution in [0.3, 0.4) is 0 Å². The molecule has 1 N–H and O–H groups in total. The van der Waals surface area contributed by atoms with Gasteiger partial charge in [-0.05, 0) is 66.5 Å². The van der Waals surface area contributed by atoms with Crippen LogP contribution >= 0.6 is 35.6 Å². The van der Waals surface area contributed by atoms with Gasteiger partial charge in [0, 0.05) is 9.92 Å². The van der Waals surface area contributed by atoms with Crippen molar-refractivity contribution in [3.05, 3.63) is 64.8 Å². The highest BCUT2D eigenvalue weighted by Gasteiger charge is 2.31. The average molecular weight is 361 g/mol. The van der Waals surface area contributed by atoms with Crippen molar-refractivity contribution in [2.75, 3.05) is 11.2 Å². The minimum Gasteiger partial charge on any atom is -0.327 e. The molecule has 0 bridgehead atoms. The van der Waals surface area contributed by atoms with Gasteiger partial charge in [-0.25, -0.2) is 0 Å². The van der Waals surface area contributed by atoms with E-state index in [-0.39, 0.29) is 5.91 Å². The van der Waals surface area contributed by atoms with Crippen molar-refractivity contribution >= 4 is 58.4 Å². The SMILES string of the molecule is CSc1ccc(/C=C2\NC(=S)N(c3ccc(Cl)cc3)C2=O)cc1. The molecule has 2 aromatic rings. The Morgan fingerprint density at radius 1 is 1.13 bits per heavy atom. The van der Waals surface area contributed by atoms with E-state index in [4.69, 9.17) is 23.8 Å². The van der Waals surface area contributed by atoms with Crippen molar-refractivity contribution in [2.24, 2.45) is 0 Å². The average Bonchev–Trinajstić information content (AvgIpc) is 2.83. The molecule has 6 heteroatoms. The Hall–Kier alpha value is -1.82. The number of benzene rings is 2. The zero-order chi connectivity index (χ0) is 16.4. The van der Waals surface area contributed by atoms with E-state index in [0.29, 0.717) is 21.5 Å². The maximum Gasteiger partial charge on any atom is 0.281 e. The number of rotatable bonds is 3. The third-order valence-electron chi connectivity index (χ3n) is 3.39. The van der Waals surface area contributed by atoms with E-state index in [1.807, 2.05) is 30.5 Å². The molecule has 0 saturated carbocycles. The minimum absolute atomic E-state index is 0.175. The van der Waals surface area contributed by atoms with Crippen LogP contribution in [0, 0.1) is 0 Å². The third kappa shape index (κ3) is 3.42. The van der Waals surface area contributed by atoms with Crippen molar-refractivity contribution in [3.8, 4) is 0 Å². The normalized spacial score (nSPS) is 16.1. The molecule has 0 aromatic heterocycles. The highest BCUT2D eigenvalue weighted by Crippen LogP contribution is 2.24. The van der Waals surface area contributed by atoms with Crippen LogP contribution in [0.4, 0.5) is 5.69 Å². The second-order valence-corrected chi connectivity index (χ2v) is 6.58. The summed E-state index contributed by atoms with van der Waals surface area (Å²) in [7, 11) is 0. The Morgan fingerprint density at radius 3 is 2.39 bits per heavy atom. The molecule has 116 valence electrons. The summed E-state index contributed by atoms with van der Waals surface area (Å²) in [5.74, 6) is -0.175. The Labute approximate surface area is 149 Å². The van der Waals surface area contributed by atoms with Gasteiger partial charge >= 0.3 is 0 Å². The Bertz CT molecular complexity index is 785. The van der Waals surface area contributed by atoms with Crippen molar-refractivity contribution in [1.29, 1.82) is 0 Å². The van der Waals surface area contributed by atoms with Gasteiger partial charge in [-0.1, -0.05) is 23.7 Å². The molecule has 0 aliphatic carbocycles. The summed E-state index contributed by atoms with van der Waals surface area (Å²) in [6.45, 7) is 0. The topological polar surface area (TPSA) is 32.3 Å². The first-order valence-corrected chi connectivity index (χ1v) is 8.86. The minimum atomic E-state index is -0.175. The molecule has 1 amide bonds. The lowest BCUT2D eigenvalue weighted by Gasteiger charge is -2.13. The fraction of sp³-hybridized carbons (Fsp3) is 0.0588. The first-order valence-electron chi connectivity index (χ1n) is 6.85. The monoisotopic (exact) mass is 360 g/mol. The molecule has 0 unspecified atom stereocenters. The van der Waals surface area contributed by atoms with Gasteiger partial charge in [-0.3, -0.25) is 9.69 Å². The summed E-state index contributed by atoms with van der Waals surface area (Å²) in [6, 6.07) is 15.0. The number of nitrogens with zero attached hydrogens (tertiary/aromatic N) is 1. The third-order valence-corrected chi connectivity index (χ3v) is 4.67. The quantitative estimate of drug-likeness (QED) is 0.502. The molecular formula is C17H13ClN2OS2. The highest BCUT2D eigenvalue weighted by atomic mass is 35.5. The van der Waals surface area contributed by atoms with Crippen LogP contribution in [0.1, 0.15) is 5.56 Å². The van der Waals surface area contributed by atoms with Crippen molar-refractivity contribution < 1.29 is 4.79 Å². The molecule has 23 heavy (non-hydrogen) atoms. The lowest BCUT2D eigenvalue weighted by atomic mass is 10.2. The summed E-state index contributed by atoms with van der Waals surface area (Å²) in [5.41, 5.74) is 2.10. The zero-order valence-electron chi connectivity index (χ0n) is 12.2. The molecule has 1 fully saturated rings. The molecule has 0 radical (unpaired) electrons. The maximum absolute atomic E-state index is 12.6. The van der Waals surface area contributed by atoms with Crippen LogP contribution in [0.15, 0.2) is 59.1 Å². The number of halogens is 1. The maximum atomic E-state index is 12.6. The Kier molecular flexibility index (Phi) is 4.71. The molecule has 3 nitrogen and oxygen atoms in total. The van der Waals surface area contributed by atoms with E-state index in [1.165, 1.54) is 9.80 Å². The van der Waals surface area contributed by atoms with E-state index in [2.05, 4.69) is 5.32 Å². The number of thiocarbonyl (C=S) groups is 1. The number of anilines is 1. The Morgan fingerprint density at radius 2 is 1.78 bits per heavy atom. The molecule has 1 aliphatic heterocycles. The van der Waals surface area contributed by atoms with Gasteiger partial charge in [0.05, 0.1) is 5.69 Å². The van der Waals surface area contributed by atoms with Crippen molar-refractivity contribution in [1.82, 2.24) is 5.32 Å². The largest absolute Gasteiger partial charge is 0.327 e. The summed E-state index contributed by atoms with van der Waals surface area (Å²) in [5, 5.41) is 3.95. The van der Waals surface area contributed by atoms with Crippen LogP contribution in [0.5, 0.6) is 0 Å². The fourth-order valence-electron chi connectivity index (χ4n) is 2.23. The fourth-order valence-corrected chi connectivity index (χ4v) is 3.06. The molecule has 1 heterocycles. The standard InChI is InChI=1S/C17H13ClN2OS2/c1-23-14-8-2-11(3-9-14)10-15-16(21)20(17(22)19-15)13-6-4-12(18)5-7-13/h2-10H,1H3,(H,19,22)/b15-10-. The number of carbonyl (C=O) groups excluding carboxylic acids is 1. The van der Waals surface area contributed by atoms with E-state index >= 15 is 0 Å². The summed E-state index contributed by atoms with van der Waals surface area (Å²) < 4.78 is 0. The molecule has 1 saturated heterocycles. The van der Waals surface area contributed by atoms with Crippen LogP contribution in [0.2, 0.25) is 5.02 Å². The van der Waals surface area contributed by atoms with E-state index in [0.717, 1.165) is 5.56 Å². The second-order valence-electron chi connectivity index (χ2n) is 4.88. The number of hydrogen-bond donors (Lipinski definition) is 1. The second kappa shape index (κ2) is 6.74. The number of carbonyl (C=O) groups is 1. The lowest BCUT2D eigenvalue weighted by Crippen LogP contribution is -2.30. The molecule has 0 spiro atoms. The zero-order valence-corrected chi connectivity index (χ0v) is 14.6. The summed E-state index contributed by atoms with van der Waals surface area (Å²) >= 11 is 12.8. The van der Waals surface area contributed by atoms with Crippen LogP contribution < -0.4 is 10.2 Å². The number of hydrogen-bond acceptors (Lipinski definition) is 3. The van der Waals surface area contributed by atoms with E-state index in [9.17, 15) is 4.79 Å². The lowest BCUT2D eigenvalue weighted by molar-refractivity contribution is -0.113. The van der Waals surface area contributed by atoms with Gasteiger partial charge in [0.15, 0.2) is 5.11 Å². The van der Waals surface area contributed by atoms with E-state index in [1.54, 1.807) is 42.1 Å². The molecular weight excluding hydrogens is 348 g/mol. The number of nitrogens with one attached hydrogen (secondary N) is 1. The molecule has 0 atom stereocenters. The highest BCUT2D eigenvalue weighted by molar-refractivity contribution is 7.98. The van der Waals surface area contributed by atoms with Gasteiger partial charge in [-0.15, -0.1) is 11.8 Å². The van der Waals surface area contributed by atoms with Gasteiger partial charge in [-0.2, -0.15) is 0 Å². The Balaban J connectivity index is 1.88. The van der Waals surface area contributed by atoms with Crippen LogP contribution in [0.25, 0.3) is 6.08 Å². The number of thioether (sulfide) groups is 1. The van der Waals surface area contributed by atoms with Gasteiger partial charge < -0.3 is 5.32 Å². The predicted molar refractivity (Wildman–Crippen MR) is 101 cm³/mol. The van der Waals surface area contributed by atoms with Gasteiger partial charge in [0.1, 0.15) is 5.70 Å². The predicted octanol–water partition coefficient (Wildman–Crippen LogP) is 4.32. The molecule has 1 aliphatic rings. The summed E-state index contributed by atoms with van der Waals surface area (Å²) in [6.07, 6.45) is 3.83. The van der Waals surface area contributed by atoms with E-state index < -0.39 is 0 Å². The summed E-state index contributed by atoms with van der Waals surface area (Å²) in [4.78, 5) is 15.2. The first-order chi connectivity index (χ1) is 11.1. The van der Waals surface area contributed by atoms with Crippen molar-refractivity contribution in [2.45, 2.75) is 4.90 Å².